The van der Waals surface area contributed by atoms with Gasteiger partial charge in [0.1, 0.15) is 11.6 Å². The number of aromatic amines is 1. The van der Waals surface area contributed by atoms with E-state index in [1.807, 2.05) is 13.0 Å². The van der Waals surface area contributed by atoms with Crippen molar-refractivity contribution < 1.29 is 4.52 Å². The van der Waals surface area contributed by atoms with E-state index in [4.69, 9.17) is 9.78 Å². The molecule has 0 amide bonds. The summed E-state index contributed by atoms with van der Waals surface area (Å²) in [5.41, 5.74) is 2.28. The molecule has 1 atom stereocenters. The molecular weight excluding hydrogens is 356 g/mol. The summed E-state index contributed by atoms with van der Waals surface area (Å²) in [5, 5.41) is 16.6. The number of aromatic nitrogens is 3. The molecular formula is C17H23ClN6O2. The number of halogens is 1. The van der Waals surface area contributed by atoms with Gasteiger partial charge in [-0.15, -0.1) is 12.4 Å². The van der Waals surface area contributed by atoms with Gasteiger partial charge < -0.3 is 14.8 Å². The fraction of sp³-hybridized carbons (Fsp3) is 0.529. The highest BCUT2D eigenvalue weighted by Crippen LogP contribution is 2.19. The van der Waals surface area contributed by atoms with Crippen LogP contribution in [0.4, 0.5) is 0 Å². The molecule has 3 rings (SSSR count). The average molecular weight is 379 g/mol. The molecule has 2 N–H and O–H groups in total. The van der Waals surface area contributed by atoms with Crippen molar-refractivity contribution in [2.45, 2.75) is 32.7 Å². The first kappa shape index (κ1) is 20.1. The molecule has 8 nitrogen and oxygen atoms in total. The van der Waals surface area contributed by atoms with Crippen LogP contribution in [0.1, 0.15) is 40.1 Å². The van der Waals surface area contributed by atoms with Crippen molar-refractivity contribution in [3.63, 3.8) is 0 Å². The van der Waals surface area contributed by atoms with Crippen LogP contribution in [0.3, 0.4) is 0 Å². The largest absolute Gasteiger partial charge is 0.339 e. The van der Waals surface area contributed by atoms with Gasteiger partial charge >= 0.3 is 0 Å². The first-order valence-corrected chi connectivity index (χ1v) is 8.37. The number of piperazine rings is 1. The summed E-state index contributed by atoms with van der Waals surface area (Å²) >= 11 is 0. The van der Waals surface area contributed by atoms with Crippen LogP contribution in [-0.2, 0) is 12.8 Å². The highest BCUT2D eigenvalue weighted by atomic mass is 35.5. The lowest BCUT2D eigenvalue weighted by molar-refractivity contribution is 0.190. The van der Waals surface area contributed by atoms with Crippen molar-refractivity contribution in [3.05, 3.63) is 44.5 Å². The minimum atomic E-state index is -0.339. The second kappa shape index (κ2) is 8.45. The lowest BCUT2D eigenvalue weighted by atomic mass is 9.99. The fourth-order valence-corrected chi connectivity index (χ4v) is 3.25. The number of hydrogen-bond donors (Lipinski definition) is 2. The molecule has 1 fully saturated rings. The number of nitriles is 1. The Kier molecular flexibility index (Phi) is 6.53. The van der Waals surface area contributed by atoms with Crippen LogP contribution >= 0.6 is 12.4 Å². The van der Waals surface area contributed by atoms with E-state index in [9.17, 15) is 4.79 Å². The molecule has 0 aromatic carbocycles. The number of rotatable bonds is 4. The predicted molar refractivity (Wildman–Crippen MR) is 98.4 cm³/mol. The molecule has 1 aliphatic rings. The number of pyridine rings is 1. The zero-order chi connectivity index (χ0) is 18.0. The summed E-state index contributed by atoms with van der Waals surface area (Å²) in [4.78, 5) is 21.3. The average Bonchev–Trinajstić information content (AvgIpc) is 3.04. The van der Waals surface area contributed by atoms with E-state index in [2.05, 4.69) is 32.4 Å². The Labute approximate surface area is 158 Å². The quantitative estimate of drug-likeness (QED) is 0.817. The van der Waals surface area contributed by atoms with Gasteiger partial charge in [0, 0.05) is 31.7 Å². The van der Waals surface area contributed by atoms with Gasteiger partial charge in [-0.25, -0.2) is 0 Å². The van der Waals surface area contributed by atoms with E-state index >= 15 is 0 Å². The molecule has 3 heterocycles. The van der Waals surface area contributed by atoms with Gasteiger partial charge in [0.25, 0.3) is 5.56 Å². The lowest BCUT2D eigenvalue weighted by Gasteiger charge is -2.30. The van der Waals surface area contributed by atoms with Crippen LogP contribution in [-0.4, -0.2) is 46.7 Å². The Morgan fingerprint density at radius 3 is 2.85 bits per heavy atom. The molecule has 0 radical (unpaired) electrons. The monoisotopic (exact) mass is 378 g/mol. The number of aryl methyl sites for hydroxylation is 2. The lowest BCUT2D eigenvalue weighted by Crippen LogP contribution is -2.44. The van der Waals surface area contributed by atoms with Crippen molar-refractivity contribution in [1.29, 1.82) is 5.26 Å². The maximum Gasteiger partial charge on any atom is 0.266 e. The Hall–Kier alpha value is -2.21. The van der Waals surface area contributed by atoms with E-state index in [1.165, 1.54) is 0 Å². The summed E-state index contributed by atoms with van der Waals surface area (Å²) in [6.07, 6.45) is 1.19. The summed E-state index contributed by atoms with van der Waals surface area (Å²) in [7, 11) is 2.05. The van der Waals surface area contributed by atoms with Gasteiger partial charge in [-0.1, -0.05) is 5.16 Å². The summed E-state index contributed by atoms with van der Waals surface area (Å²) in [5.74, 6) is 1.26. The predicted octanol–water partition coefficient (Wildman–Crippen LogP) is 1.03. The van der Waals surface area contributed by atoms with Crippen LogP contribution in [0, 0.1) is 25.2 Å². The standard InChI is InChI=1S/C17H22N6O2.ClH/c1-10-12(11(2)20-17(24)13(10)8-18)4-5-15-21-16(22-25-15)14-9-19-6-7-23(14)3;/h14,19H,4-7,9H2,1-3H3,(H,20,24);1H. The molecule has 2 aromatic rings. The van der Waals surface area contributed by atoms with Gasteiger partial charge in [0.2, 0.25) is 5.89 Å². The molecule has 0 aliphatic carbocycles. The Morgan fingerprint density at radius 2 is 2.15 bits per heavy atom. The Morgan fingerprint density at radius 1 is 1.38 bits per heavy atom. The Balaban J connectivity index is 0.00000243. The third-order valence-electron chi connectivity index (χ3n) is 4.80. The highest BCUT2D eigenvalue weighted by Gasteiger charge is 2.25. The van der Waals surface area contributed by atoms with Crippen molar-refractivity contribution >= 4 is 12.4 Å². The first-order valence-electron chi connectivity index (χ1n) is 8.37. The van der Waals surface area contributed by atoms with E-state index in [1.54, 1.807) is 6.92 Å². The van der Waals surface area contributed by atoms with E-state index in [0.717, 1.165) is 36.5 Å². The number of likely N-dealkylation sites (N-methyl/N-ethyl adjacent to an activating group) is 1. The van der Waals surface area contributed by atoms with Crippen molar-refractivity contribution in [1.82, 2.24) is 25.3 Å². The highest BCUT2D eigenvalue weighted by molar-refractivity contribution is 5.85. The molecule has 1 aliphatic heterocycles. The molecule has 140 valence electrons. The summed E-state index contributed by atoms with van der Waals surface area (Å²) in [6.45, 7) is 6.36. The third kappa shape index (κ3) is 3.96. The van der Waals surface area contributed by atoms with Crippen LogP contribution in [0.15, 0.2) is 9.32 Å². The smallest absolute Gasteiger partial charge is 0.266 e. The van der Waals surface area contributed by atoms with Crippen LogP contribution in [0.2, 0.25) is 0 Å². The zero-order valence-electron chi connectivity index (χ0n) is 15.1. The van der Waals surface area contributed by atoms with E-state index in [-0.39, 0.29) is 29.6 Å². The van der Waals surface area contributed by atoms with Crippen LogP contribution < -0.4 is 10.9 Å². The fourth-order valence-electron chi connectivity index (χ4n) is 3.25. The van der Waals surface area contributed by atoms with Crippen molar-refractivity contribution in [3.8, 4) is 6.07 Å². The minimum absolute atomic E-state index is 0. The normalized spacial score (nSPS) is 17.5. The van der Waals surface area contributed by atoms with E-state index in [0.29, 0.717) is 24.6 Å². The van der Waals surface area contributed by atoms with Crippen molar-refractivity contribution in [2.24, 2.45) is 0 Å². The number of nitrogens with one attached hydrogen (secondary N) is 2. The van der Waals surface area contributed by atoms with Crippen LogP contribution in [0.25, 0.3) is 0 Å². The number of H-pyrrole nitrogens is 1. The first-order chi connectivity index (χ1) is 12.0. The molecule has 0 saturated carbocycles. The summed E-state index contributed by atoms with van der Waals surface area (Å²) < 4.78 is 5.40. The van der Waals surface area contributed by atoms with Crippen molar-refractivity contribution in [2.75, 3.05) is 26.7 Å². The molecule has 1 unspecified atom stereocenters. The summed E-state index contributed by atoms with van der Waals surface area (Å²) in [6, 6.07) is 2.09. The molecule has 1 saturated heterocycles. The molecule has 2 aromatic heterocycles. The second-order valence-corrected chi connectivity index (χ2v) is 6.42. The minimum Gasteiger partial charge on any atom is -0.339 e. The Bertz CT molecular complexity index is 869. The second-order valence-electron chi connectivity index (χ2n) is 6.42. The van der Waals surface area contributed by atoms with Gasteiger partial charge in [-0.3, -0.25) is 9.69 Å². The number of nitrogens with zero attached hydrogens (tertiary/aromatic N) is 4. The third-order valence-corrected chi connectivity index (χ3v) is 4.80. The van der Waals surface area contributed by atoms with Gasteiger partial charge in [-0.2, -0.15) is 10.2 Å². The van der Waals surface area contributed by atoms with Crippen LogP contribution in [0.5, 0.6) is 0 Å². The van der Waals surface area contributed by atoms with Gasteiger partial charge in [0.05, 0.1) is 6.04 Å². The molecule has 0 spiro atoms. The zero-order valence-corrected chi connectivity index (χ0v) is 15.9. The maximum absolute atomic E-state index is 11.8. The maximum atomic E-state index is 11.8. The van der Waals surface area contributed by atoms with Gasteiger partial charge in [-0.05, 0) is 38.4 Å². The topological polar surface area (TPSA) is 111 Å². The number of hydrogen-bond acceptors (Lipinski definition) is 7. The molecule has 26 heavy (non-hydrogen) atoms. The SMILES string of the molecule is Cc1[nH]c(=O)c(C#N)c(C)c1CCc1nc(C2CNCCN2C)no1.Cl. The molecule has 9 heteroatoms. The van der Waals surface area contributed by atoms with E-state index < -0.39 is 0 Å². The van der Waals surface area contributed by atoms with Gasteiger partial charge in [0.15, 0.2) is 5.82 Å². The molecule has 0 bridgehead atoms.